The number of methoxy groups -OCH3 is 1. The van der Waals surface area contributed by atoms with Crippen molar-refractivity contribution in [3.8, 4) is 0 Å². The van der Waals surface area contributed by atoms with Gasteiger partial charge >= 0.3 is 5.97 Å². The van der Waals surface area contributed by atoms with Gasteiger partial charge in [0.15, 0.2) is 0 Å². The fraction of sp³-hybridized carbons (Fsp3) is 0.632. The summed E-state index contributed by atoms with van der Waals surface area (Å²) in [7, 11) is 3.68. The van der Waals surface area contributed by atoms with E-state index in [2.05, 4.69) is 43.1 Å². The molecule has 0 N–H and O–H groups in total. The predicted octanol–water partition coefficient (Wildman–Crippen LogP) is 3.62. The third-order valence-electron chi connectivity index (χ3n) is 5.56. The number of hydrogen-bond acceptors (Lipinski definition) is 3. The molecule has 2 saturated heterocycles. The van der Waals surface area contributed by atoms with Crippen LogP contribution >= 0.6 is 0 Å². The molecule has 2 heterocycles. The first-order chi connectivity index (χ1) is 10.2. The largest absolute Gasteiger partial charge is 0.469 e. The molecule has 0 radical (unpaired) electrons. The molecular formula is C19H29NO2. The molecule has 1 aromatic carbocycles. The number of fused-ring (bicyclic) bond motifs is 2. The van der Waals surface area contributed by atoms with Crippen molar-refractivity contribution >= 4 is 5.97 Å². The lowest BCUT2D eigenvalue weighted by atomic mass is 9.76. The van der Waals surface area contributed by atoms with E-state index in [9.17, 15) is 4.79 Å². The summed E-state index contributed by atoms with van der Waals surface area (Å²) in [4.78, 5) is 14.8. The minimum Gasteiger partial charge on any atom is -0.469 e. The number of rotatable bonds is 3. The molecule has 2 bridgehead atoms. The molecule has 3 nitrogen and oxygen atoms in total. The van der Waals surface area contributed by atoms with E-state index in [1.165, 1.54) is 24.7 Å². The Kier molecular flexibility index (Phi) is 5.28. The monoisotopic (exact) mass is 303 g/mol. The number of carbonyl (C=O) groups is 1. The molecule has 3 rings (SSSR count). The quantitative estimate of drug-likeness (QED) is 0.799. The zero-order valence-corrected chi connectivity index (χ0v) is 13.2. The van der Waals surface area contributed by atoms with Crippen LogP contribution < -0.4 is 0 Å². The lowest BCUT2D eigenvalue weighted by molar-refractivity contribution is -0.150. The average molecular weight is 303 g/mol. The molecule has 2 aliphatic rings. The third kappa shape index (κ3) is 2.79. The summed E-state index contributed by atoms with van der Waals surface area (Å²) >= 11 is 0. The fourth-order valence-corrected chi connectivity index (χ4v) is 4.27. The van der Waals surface area contributed by atoms with Crippen LogP contribution in [0, 0.1) is 5.92 Å². The van der Waals surface area contributed by atoms with Crippen LogP contribution in [0.1, 0.15) is 50.7 Å². The van der Waals surface area contributed by atoms with Gasteiger partial charge in [-0.3, -0.25) is 9.69 Å². The maximum atomic E-state index is 12.4. The third-order valence-corrected chi connectivity index (χ3v) is 5.56. The van der Waals surface area contributed by atoms with Gasteiger partial charge in [-0.2, -0.15) is 0 Å². The molecule has 4 atom stereocenters. The normalized spacial score (nSPS) is 30.7. The van der Waals surface area contributed by atoms with E-state index in [1.807, 2.05) is 0 Å². The Bertz CT molecular complexity index is 511. The maximum absolute atomic E-state index is 12.4. The van der Waals surface area contributed by atoms with E-state index in [1.54, 1.807) is 0 Å². The van der Waals surface area contributed by atoms with Crippen LogP contribution in [0.3, 0.4) is 0 Å². The van der Waals surface area contributed by atoms with Crippen molar-refractivity contribution in [1.29, 1.82) is 0 Å². The Hall–Kier alpha value is -1.35. The van der Waals surface area contributed by atoms with Gasteiger partial charge in [0, 0.05) is 18.0 Å². The number of hydrogen-bond donors (Lipinski definition) is 0. The van der Waals surface area contributed by atoms with Gasteiger partial charge in [-0.25, -0.2) is 0 Å². The summed E-state index contributed by atoms with van der Waals surface area (Å²) in [6.45, 7) is 2.17. The number of ether oxygens (including phenoxy) is 1. The van der Waals surface area contributed by atoms with Crippen LogP contribution in [-0.2, 0) is 16.0 Å². The molecule has 0 saturated carbocycles. The predicted molar refractivity (Wildman–Crippen MR) is 90.0 cm³/mol. The fourth-order valence-electron chi connectivity index (χ4n) is 4.27. The zero-order valence-electron chi connectivity index (χ0n) is 13.2. The van der Waals surface area contributed by atoms with Gasteiger partial charge < -0.3 is 4.74 Å². The highest BCUT2D eigenvalue weighted by Crippen LogP contribution is 2.46. The Balaban J connectivity index is 0.00000176. The topological polar surface area (TPSA) is 29.5 Å². The maximum Gasteiger partial charge on any atom is 0.310 e. The SMILES string of the molecule is C.CCc1ccc([C@H]2C[C@H]3CCC(C2C(=O)OC)N3C)cc1. The summed E-state index contributed by atoms with van der Waals surface area (Å²) < 4.78 is 5.12. The first-order valence-electron chi connectivity index (χ1n) is 8.04. The highest BCUT2D eigenvalue weighted by atomic mass is 16.5. The van der Waals surface area contributed by atoms with Gasteiger partial charge in [-0.05, 0) is 43.9 Å². The number of aryl methyl sites for hydroxylation is 1. The number of benzene rings is 1. The second-order valence-corrected chi connectivity index (χ2v) is 6.45. The van der Waals surface area contributed by atoms with Crippen molar-refractivity contribution < 1.29 is 9.53 Å². The first-order valence-corrected chi connectivity index (χ1v) is 8.04. The van der Waals surface area contributed by atoms with Crippen molar-refractivity contribution in [1.82, 2.24) is 4.90 Å². The summed E-state index contributed by atoms with van der Waals surface area (Å²) in [6, 6.07) is 9.78. The summed E-state index contributed by atoms with van der Waals surface area (Å²) in [6.07, 6.45) is 4.44. The number of esters is 1. The molecule has 0 spiro atoms. The van der Waals surface area contributed by atoms with Crippen molar-refractivity contribution in [2.75, 3.05) is 14.2 Å². The van der Waals surface area contributed by atoms with E-state index in [0.717, 1.165) is 19.3 Å². The molecule has 122 valence electrons. The minimum atomic E-state index is -0.0447. The molecule has 2 fully saturated rings. The molecular weight excluding hydrogens is 274 g/mol. The van der Waals surface area contributed by atoms with E-state index < -0.39 is 0 Å². The van der Waals surface area contributed by atoms with Crippen molar-refractivity contribution in [3.05, 3.63) is 35.4 Å². The van der Waals surface area contributed by atoms with Crippen LogP contribution in [0.2, 0.25) is 0 Å². The molecule has 22 heavy (non-hydrogen) atoms. The summed E-state index contributed by atoms with van der Waals surface area (Å²) in [5.74, 6) is 0.236. The van der Waals surface area contributed by atoms with E-state index in [-0.39, 0.29) is 19.3 Å². The lowest BCUT2D eigenvalue weighted by Crippen LogP contribution is -2.49. The second kappa shape index (κ2) is 6.82. The van der Waals surface area contributed by atoms with Crippen LogP contribution in [-0.4, -0.2) is 37.1 Å². The number of piperidine rings is 1. The van der Waals surface area contributed by atoms with Crippen molar-refractivity contribution in [3.63, 3.8) is 0 Å². The van der Waals surface area contributed by atoms with E-state index in [4.69, 9.17) is 4.74 Å². The molecule has 3 heteroatoms. The minimum absolute atomic E-state index is 0. The van der Waals surface area contributed by atoms with Crippen LogP contribution in [0.15, 0.2) is 24.3 Å². The second-order valence-electron chi connectivity index (χ2n) is 6.45. The standard InChI is InChI=1S/C18H25NO2.CH4/c1-4-12-5-7-13(8-6-12)15-11-14-9-10-16(19(14)2)17(15)18(20)21-3;/h5-8,14-17H,4,9-11H2,1-3H3;1H4/t14-,15-,16?,17?;/m1./s1. The van der Waals surface area contributed by atoms with Gasteiger partial charge in [-0.1, -0.05) is 38.6 Å². The van der Waals surface area contributed by atoms with E-state index >= 15 is 0 Å². The van der Waals surface area contributed by atoms with Gasteiger partial charge in [0.2, 0.25) is 0 Å². The highest BCUT2D eigenvalue weighted by Gasteiger charge is 2.49. The Labute approximate surface area is 134 Å². The molecule has 0 amide bonds. The highest BCUT2D eigenvalue weighted by molar-refractivity contribution is 5.75. The zero-order chi connectivity index (χ0) is 15.0. The molecule has 2 aliphatic heterocycles. The molecule has 1 aromatic rings. The Morgan fingerprint density at radius 3 is 2.55 bits per heavy atom. The smallest absolute Gasteiger partial charge is 0.310 e. The Morgan fingerprint density at radius 2 is 1.95 bits per heavy atom. The van der Waals surface area contributed by atoms with Gasteiger partial charge in [0.05, 0.1) is 13.0 Å². The molecule has 0 aromatic heterocycles. The van der Waals surface area contributed by atoms with Crippen molar-refractivity contribution in [2.45, 2.75) is 58.0 Å². The Morgan fingerprint density at radius 1 is 1.27 bits per heavy atom. The van der Waals surface area contributed by atoms with Crippen LogP contribution in [0.25, 0.3) is 0 Å². The van der Waals surface area contributed by atoms with Crippen LogP contribution in [0.4, 0.5) is 0 Å². The number of carbonyl (C=O) groups excluding carboxylic acids is 1. The summed E-state index contributed by atoms with van der Waals surface area (Å²) in [5.41, 5.74) is 2.65. The van der Waals surface area contributed by atoms with Crippen LogP contribution in [0.5, 0.6) is 0 Å². The van der Waals surface area contributed by atoms with Crippen molar-refractivity contribution in [2.24, 2.45) is 5.92 Å². The summed E-state index contributed by atoms with van der Waals surface area (Å²) in [5, 5.41) is 0. The van der Waals surface area contributed by atoms with Gasteiger partial charge in [-0.15, -0.1) is 0 Å². The molecule has 0 aliphatic carbocycles. The number of nitrogens with zero attached hydrogens (tertiary/aromatic N) is 1. The average Bonchev–Trinajstić information content (AvgIpc) is 2.76. The van der Waals surface area contributed by atoms with Gasteiger partial charge in [0.1, 0.15) is 0 Å². The van der Waals surface area contributed by atoms with Gasteiger partial charge in [0.25, 0.3) is 0 Å². The van der Waals surface area contributed by atoms with E-state index in [0.29, 0.717) is 18.0 Å². The first kappa shape index (κ1) is 17.0. The lowest BCUT2D eigenvalue weighted by Gasteiger charge is -2.41. The molecule has 2 unspecified atom stereocenters.